The minimum atomic E-state index is -0.504. The van der Waals surface area contributed by atoms with Gasteiger partial charge in [0, 0.05) is 6.42 Å². The van der Waals surface area contributed by atoms with Gasteiger partial charge in [0.1, 0.15) is 5.76 Å². The Kier molecular flexibility index (Phi) is 4.99. The van der Waals surface area contributed by atoms with E-state index in [1.165, 1.54) is 5.57 Å². The molecule has 2 aliphatic rings. The van der Waals surface area contributed by atoms with Crippen molar-refractivity contribution >= 4 is 0 Å². The van der Waals surface area contributed by atoms with Crippen molar-refractivity contribution in [2.75, 3.05) is 6.61 Å². The fourth-order valence-corrected chi connectivity index (χ4v) is 1.95. The Hall–Kier alpha value is -1.80. The van der Waals surface area contributed by atoms with Crippen molar-refractivity contribution in [3.63, 3.8) is 0 Å². The van der Waals surface area contributed by atoms with Gasteiger partial charge >= 0.3 is 0 Å². The lowest BCUT2D eigenvalue weighted by Gasteiger charge is -2.08. The maximum atomic E-state index is 9.67. The molecule has 0 aliphatic heterocycles. The molecule has 0 heterocycles. The Balaban J connectivity index is 1.84. The summed E-state index contributed by atoms with van der Waals surface area (Å²) in [5.41, 5.74) is 2.20. The van der Waals surface area contributed by atoms with Crippen LogP contribution in [-0.2, 0) is 4.74 Å². The molecule has 0 bridgehead atoms. The molecule has 0 saturated carbocycles. The Bertz CT molecular complexity index is 487. The fraction of sp³-hybridized carbons (Fsp3) is 0.294. The van der Waals surface area contributed by atoms with Crippen molar-refractivity contribution < 1.29 is 9.84 Å². The van der Waals surface area contributed by atoms with Crippen molar-refractivity contribution in [3.05, 3.63) is 71.6 Å². The number of ether oxygens (including phenoxy) is 1. The van der Waals surface area contributed by atoms with E-state index in [1.807, 2.05) is 25.2 Å². The molecule has 2 aliphatic carbocycles. The molecule has 1 atom stereocenters. The molecule has 0 fully saturated rings. The van der Waals surface area contributed by atoms with Gasteiger partial charge in [0.15, 0.2) is 0 Å². The highest BCUT2D eigenvalue weighted by Crippen LogP contribution is 2.15. The summed E-state index contributed by atoms with van der Waals surface area (Å²) < 4.78 is 5.75. The second-order valence-corrected chi connectivity index (χ2v) is 4.69. The molecule has 100 valence electrons. The summed E-state index contributed by atoms with van der Waals surface area (Å²) in [5, 5.41) is 9.67. The zero-order chi connectivity index (χ0) is 13.5. The van der Waals surface area contributed by atoms with Crippen LogP contribution in [0.15, 0.2) is 71.6 Å². The molecule has 0 aromatic carbocycles. The van der Waals surface area contributed by atoms with E-state index in [0.29, 0.717) is 6.61 Å². The summed E-state index contributed by atoms with van der Waals surface area (Å²) in [6.07, 6.45) is 19.4. The van der Waals surface area contributed by atoms with E-state index in [1.54, 1.807) is 6.08 Å². The summed E-state index contributed by atoms with van der Waals surface area (Å²) in [5.74, 6) is 0.807. The van der Waals surface area contributed by atoms with Crippen LogP contribution in [-0.4, -0.2) is 17.8 Å². The minimum Gasteiger partial charge on any atom is -0.493 e. The molecule has 0 aromatic rings. The SMILES string of the molecule is CC1=CC(OCCC2=CCC=CC=C2)=CC=CC1O. The van der Waals surface area contributed by atoms with Crippen LogP contribution in [0.5, 0.6) is 0 Å². The van der Waals surface area contributed by atoms with Gasteiger partial charge in [-0.25, -0.2) is 0 Å². The van der Waals surface area contributed by atoms with Crippen LogP contribution in [0.25, 0.3) is 0 Å². The molecule has 2 nitrogen and oxygen atoms in total. The summed E-state index contributed by atoms with van der Waals surface area (Å²) >= 11 is 0. The highest BCUT2D eigenvalue weighted by molar-refractivity contribution is 5.31. The smallest absolute Gasteiger partial charge is 0.119 e. The van der Waals surface area contributed by atoms with Gasteiger partial charge in [0.05, 0.1) is 12.7 Å². The lowest BCUT2D eigenvalue weighted by atomic mass is 10.1. The Morgan fingerprint density at radius 2 is 2.21 bits per heavy atom. The Labute approximate surface area is 114 Å². The van der Waals surface area contributed by atoms with Crippen molar-refractivity contribution in [1.82, 2.24) is 0 Å². The molecule has 0 radical (unpaired) electrons. The van der Waals surface area contributed by atoms with E-state index in [4.69, 9.17) is 4.74 Å². The summed E-state index contributed by atoms with van der Waals surface area (Å²) in [4.78, 5) is 0. The summed E-state index contributed by atoms with van der Waals surface area (Å²) in [7, 11) is 0. The average molecular weight is 256 g/mol. The van der Waals surface area contributed by atoms with E-state index in [2.05, 4.69) is 30.4 Å². The quantitative estimate of drug-likeness (QED) is 0.832. The van der Waals surface area contributed by atoms with Gasteiger partial charge in [0.2, 0.25) is 0 Å². The molecule has 0 saturated heterocycles. The molecule has 19 heavy (non-hydrogen) atoms. The van der Waals surface area contributed by atoms with Gasteiger partial charge in [-0.15, -0.1) is 0 Å². The highest BCUT2D eigenvalue weighted by Gasteiger charge is 2.06. The van der Waals surface area contributed by atoms with Gasteiger partial charge in [0.25, 0.3) is 0 Å². The second-order valence-electron chi connectivity index (χ2n) is 4.69. The van der Waals surface area contributed by atoms with Crippen LogP contribution < -0.4 is 0 Å². The van der Waals surface area contributed by atoms with Crippen LogP contribution in [0.4, 0.5) is 0 Å². The third-order valence-corrected chi connectivity index (χ3v) is 3.12. The Morgan fingerprint density at radius 3 is 3.11 bits per heavy atom. The fourth-order valence-electron chi connectivity index (χ4n) is 1.95. The van der Waals surface area contributed by atoms with Crippen LogP contribution in [0, 0.1) is 0 Å². The van der Waals surface area contributed by atoms with E-state index < -0.39 is 6.10 Å². The van der Waals surface area contributed by atoms with Crippen LogP contribution in [0.3, 0.4) is 0 Å². The standard InChI is InChI=1S/C17H20O2/c1-14-13-16(9-6-10-17(14)18)19-12-11-15-7-4-2-3-5-8-15/h2-4,6-10,13,17-18H,5,11-12H2,1H3. The number of aliphatic hydroxyl groups excluding tert-OH is 1. The molecule has 1 unspecified atom stereocenters. The van der Waals surface area contributed by atoms with Gasteiger partial charge in [-0.3, -0.25) is 0 Å². The number of allylic oxidation sites excluding steroid dienone is 8. The molecule has 0 aromatic heterocycles. The zero-order valence-corrected chi connectivity index (χ0v) is 11.3. The predicted molar refractivity (Wildman–Crippen MR) is 78.5 cm³/mol. The second kappa shape index (κ2) is 6.95. The first-order valence-electron chi connectivity index (χ1n) is 6.65. The molecule has 0 spiro atoms. The van der Waals surface area contributed by atoms with Crippen LogP contribution >= 0.6 is 0 Å². The van der Waals surface area contributed by atoms with Crippen molar-refractivity contribution in [1.29, 1.82) is 0 Å². The van der Waals surface area contributed by atoms with Crippen LogP contribution in [0.1, 0.15) is 19.8 Å². The molecular weight excluding hydrogens is 236 g/mol. The maximum Gasteiger partial charge on any atom is 0.119 e. The van der Waals surface area contributed by atoms with E-state index in [9.17, 15) is 5.11 Å². The van der Waals surface area contributed by atoms with E-state index >= 15 is 0 Å². The van der Waals surface area contributed by atoms with E-state index in [-0.39, 0.29) is 0 Å². The predicted octanol–water partition coefficient (Wildman–Crippen LogP) is 3.60. The molecule has 0 amide bonds. The first kappa shape index (κ1) is 13.6. The molecular formula is C17H20O2. The number of hydrogen-bond acceptors (Lipinski definition) is 2. The summed E-state index contributed by atoms with van der Waals surface area (Å²) in [6, 6.07) is 0. The van der Waals surface area contributed by atoms with Crippen molar-refractivity contribution in [3.8, 4) is 0 Å². The summed E-state index contributed by atoms with van der Waals surface area (Å²) in [6.45, 7) is 2.55. The minimum absolute atomic E-state index is 0.504. The number of aliphatic hydroxyl groups is 1. The number of rotatable bonds is 4. The normalized spacial score (nSPS) is 22.2. The first-order chi connectivity index (χ1) is 9.25. The van der Waals surface area contributed by atoms with Gasteiger partial charge in [-0.05, 0) is 36.6 Å². The lowest BCUT2D eigenvalue weighted by Crippen LogP contribution is -2.03. The largest absolute Gasteiger partial charge is 0.493 e. The zero-order valence-electron chi connectivity index (χ0n) is 11.3. The highest BCUT2D eigenvalue weighted by atomic mass is 16.5. The molecule has 2 heteroatoms. The monoisotopic (exact) mass is 256 g/mol. The molecule has 1 N–H and O–H groups in total. The van der Waals surface area contributed by atoms with Crippen LogP contribution in [0.2, 0.25) is 0 Å². The van der Waals surface area contributed by atoms with Gasteiger partial charge in [-0.2, -0.15) is 0 Å². The van der Waals surface area contributed by atoms with Gasteiger partial charge < -0.3 is 9.84 Å². The third-order valence-electron chi connectivity index (χ3n) is 3.12. The Morgan fingerprint density at radius 1 is 1.32 bits per heavy atom. The van der Waals surface area contributed by atoms with E-state index in [0.717, 1.165) is 24.2 Å². The first-order valence-corrected chi connectivity index (χ1v) is 6.65. The molecule has 2 rings (SSSR count). The number of hydrogen-bond donors (Lipinski definition) is 1. The van der Waals surface area contributed by atoms with Gasteiger partial charge in [-0.1, -0.05) is 42.5 Å². The lowest BCUT2D eigenvalue weighted by molar-refractivity contribution is 0.226. The van der Waals surface area contributed by atoms with Crippen molar-refractivity contribution in [2.24, 2.45) is 0 Å². The third kappa shape index (κ3) is 4.42. The van der Waals surface area contributed by atoms with Crippen molar-refractivity contribution in [2.45, 2.75) is 25.9 Å². The topological polar surface area (TPSA) is 29.5 Å². The average Bonchev–Trinajstić information content (AvgIpc) is 2.73. The maximum absolute atomic E-state index is 9.67.